The summed E-state index contributed by atoms with van der Waals surface area (Å²) in [5, 5.41) is 3.29. The minimum Gasteiger partial charge on any atom is -0.382 e. The van der Waals surface area contributed by atoms with Crippen LogP contribution in [0.3, 0.4) is 0 Å². The first kappa shape index (κ1) is 15.2. The topological polar surface area (TPSA) is 39.7 Å². The number of nitrogens with one attached hydrogen (secondary N) is 1. The van der Waals surface area contributed by atoms with Crippen molar-refractivity contribution in [2.75, 3.05) is 65.2 Å². The molecule has 0 saturated heterocycles. The number of hydrogen-bond acceptors (Lipinski definition) is 5. The fraction of sp³-hybridized carbons (Fsp3) is 1.00. The zero-order chi connectivity index (χ0) is 11.2. The van der Waals surface area contributed by atoms with Gasteiger partial charge in [0.1, 0.15) is 0 Å². The molecule has 0 aliphatic rings. The summed E-state index contributed by atoms with van der Waals surface area (Å²) in [7, 11) is 1.67. The van der Waals surface area contributed by atoms with E-state index in [9.17, 15) is 0 Å². The minimum absolute atomic E-state index is 0.645. The minimum atomic E-state index is 0.645. The number of hydrogen-bond donors (Lipinski definition) is 1. The first-order chi connectivity index (χ1) is 7.41. The Morgan fingerprint density at radius 3 is 2.27 bits per heavy atom. The number of thioether (sulfide) groups is 1. The van der Waals surface area contributed by atoms with E-state index in [2.05, 4.69) is 11.6 Å². The summed E-state index contributed by atoms with van der Waals surface area (Å²) in [6.07, 6.45) is 2.11. The molecular weight excluding hydrogens is 214 g/mol. The van der Waals surface area contributed by atoms with Gasteiger partial charge in [0.15, 0.2) is 0 Å². The molecule has 0 radical (unpaired) electrons. The van der Waals surface area contributed by atoms with Gasteiger partial charge in [-0.2, -0.15) is 11.8 Å². The monoisotopic (exact) mass is 237 g/mol. The molecule has 0 aliphatic heterocycles. The Balaban J connectivity index is 2.81. The van der Waals surface area contributed by atoms with Gasteiger partial charge in [-0.25, -0.2) is 0 Å². The van der Waals surface area contributed by atoms with Crippen LogP contribution in [0, 0.1) is 0 Å². The molecule has 0 bridgehead atoms. The summed E-state index contributed by atoms with van der Waals surface area (Å²) in [5.41, 5.74) is 0. The van der Waals surface area contributed by atoms with Crippen LogP contribution in [0.2, 0.25) is 0 Å². The Morgan fingerprint density at radius 1 is 0.933 bits per heavy atom. The van der Waals surface area contributed by atoms with Crippen molar-refractivity contribution in [2.45, 2.75) is 0 Å². The summed E-state index contributed by atoms with van der Waals surface area (Å²) in [6.45, 7) is 5.32. The van der Waals surface area contributed by atoms with Crippen molar-refractivity contribution in [2.24, 2.45) is 0 Å². The predicted octanol–water partition coefficient (Wildman–Crippen LogP) is 0.619. The van der Waals surface area contributed by atoms with Crippen LogP contribution in [0.1, 0.15) is 0 Å². The van der Waals surface area contributed by atoms with Crippen LogP contribution >= 0.6 is 11.8 Å². The third-order valence-corrected chi connectivity index (χ3v) is 2.32. The number of methoxy groups -OCH3 is 1. The second-order valence-corrected chi connectivity index (χ2v) is 3.95. The molecule has 5 heteroatoms. The molecule has 0 aromatic rings. The lowest BCUT2D eigenvalue weighted by Crippen LogP contribution is -2.23. The highest BCUT2D eigenvalue weighted by Gasteiger charge is 1.90. The maximum Gasteiger partial charge on any atom is 0.0701 e. The Bertz CT molecular complexity index is 105. The summed E-state index contributed by atoms with van der Waals surface area (Å²) >= 11 is 1.85. The highest BCUT2D eigenvalue weighted by atomic mass is 32.2. The van der Waals surface area contributed by atoms with Gasteiger partial charge in [-0.3, -0.25) is 0 Å². The summed E-state index contributed by atoms with van der Waals surface area (Å²) in [6, 6.07) is 0. The van der Waals surface area contributed by atoms with E-state index in [4.69, 9.17) is 14.2 Å². The first-order valence-corrected chi connectivity index (χ1v) is 6.65. The Kier molecular flexibility index (Phi) is 14.4. The Labute approximate surface area is 97.0 Å². The molecule has 1 N–H and O–H groups in total. The van der Waals surface area contributed by atoms with Gasteiger partial charge in [-0.05, 0) is 6.26 Å². The molecule has 0 spiro atoms. The molecule has 0 heterocycles. The van der Waals surface area contributed by atoms with Gasteiger partial charge in [0, 0.05) is 26.0 Å². The largest absolute Gasteiger partial charge is 0.382 e. The first-order valence-electron chi connectivity index (χ1n) is 5.26. The van der Waals surface area contributed by atoms with E-state index in [0.717, 1.165) is 25.4 Å². The van der Waals surface area contributed by atoms with Crippen LogP contribution < -0.4 is 5.32 Å². The normalized spacial score (nSPS) is 10.8. The second-order valence-electron chi connectivity index (χ2n) is 2.96. The second kappa shape index (κ2) is 14.2. The lowest BCUT2D eigenvalue weighted by molar-refractivity contribution is 0.0256. The lowest BCUT2D eigenvalue weighted by atomic mass is 10.6. The number of rotatable bonds is 12. The van der Waals surface area contributed by atoms with Gasteiger partial charge < -0.3 is 19.5 Å². The molecule has 0 aliphatic carbocycles. The van der Waals surface area contributed by atoms with Crippen LogP contribution in [0.15, 0.2) is 0 Å². The highest BCUT2D eigenvalue weighted by Crippen LogP contribution is 1.86. The van der Waals surface area contributed by atoms with Crippen molar-refractivity contribution in [1.29, 1.82) is 0 Å². The summed E-state index contributed by atoms with van der Waals surface area (Å²) in [5.74, 6) is 1.15. The van der Waals surface area contributed by atoms with Crippen molar-refractivity contribution in [1.82, 2.24) is 5.32 Å². The van der Waals surface area contributed by atoms with Crippen LogP contribution in [0.25, 0.3) is 0 Å². The smallest absolute Gasteiger partial charge is 0.0701 e. The quantitative estimate of drug-likeness (QED) is 0.504. The van der Waals surface area contributed by atoms with E-state index >= 15 is 0 Å². The van der Waals surface area contributed by atoms with Crippen molar-refractivity contribution >= 4 is 11.8 Å². The third kappa shape index (κ3) is 14.2. The zero-order valence-electron chi connectivity index (χ0n) is 9.79. The van der Waals surface area contributed by atoms with Crippen LogP contribution in [0.4, 0.5) is 0 Å². The molecule has 0 atom stereocenters. The zero-order valence-corrected chi connectivity index (χ0v) is 10.6. The fourth-order valence-electron chi connectivity index (χ4n) is 0.908. The van der Waals surface area contributed by atoms with E-state index in [-0.39, 0.29) is 0 Å². The van der Waals surface area contributed by atoms with E-state index in [1.165, 1.54) is 0 Å². The fourth-order valence-corrected chi connectivity index (χ4v) is 1.26. The van der Waals surface area contributed by atoms with Crippen molar-refractivity contribution in [3.63, 3.8) is 0 Å². The van der Waals surface area contributed by atoms with Gasteiger partial charge in [0.25, 0.3) is 0 Å². The molecule has 0 aromatic heterocycles. The third-order valence-electron chi connectivity index (χ3n) is 1.71. The van der Waals surface area contributed by atoms with Crippen molar-refractivity contribution in [3.05, 3.63) is 0 Å². The van der Waals surface area contributed by atoms with E-state index < -0.39 is 0 Å². The highest BCUT2D eigenvalue weighted by molar-refractivity contribution is 7.98. The maximum absolute atomic E-state index is 5.36. The van der Waals surface area contributed by atoms with Gasteiger partial charge in [0.2, 0.25) is 0 Å². The van der Waals surface area contributed by atoms with Gasteiger partial charge in [0.05, 0.1) is 33.0 Å². The Hall–Kier alpha value is 0.190. The van der Waals surface area contributed by atoms with Gasteiger partial charge >= 0.3 is 0 Å². The molecular formula is C10H23NO3S. The predicted molar refractivity (Wildman–Crippen MR) is 64.8 cm³/mol. The molecule has 0 saturated carbocycles. The van der Waals surface area contributed by atoms with E-state index in [1.807, 2.05) is 11.8 Å². The van der Waals surface area contributed by atoms with Crippen LogP contribution in [-0.2, 0) is 14.2 Å². The molecule has 4 nitrogen and oxygen atoms in total. The van der Waals surface area contributed by atoms with Crippen LogP contribution in [-0.4, -0.2) is 65.2 Å². The summed E-state index contributed by atoms with van der Waals surface area (Å²) in [4.78, 5) is 0. The molecule has 92 valence electrons. The lowest BCUT2D eigenvalue weighted by Gasteiger charge is -2.06. The summed E-state index contributed by atoms with van der Waals surface area (Å²) < 4.78 is 15.5. The Morgan fingerprint density at radius 2 is 1.60 bits per heavy atom. The average Bonchev–Trinajstić information content (AvgIpc) is 2.26. The molecule has 0 unspecified atom stereocenters. The van der Waals surface area contributed by atoms with Crippen molar-refractivity contribution < 1.29 is 14.2 Å². The van der Waals surface area contributed by atoms with E-state index in [1.54, 1.807) is 7.11 Å². The van der Waals surface area contributed by atoms with Gasteiger partial charge in [-0.15, -0.1) is 0 Å². The SMILES string of the molecule is COCCOCCOCCNCCSC. The van der Waals surface area contributed by atoms with Crippen molar-refractivity contribution in [3.8, 4) is 0 Å². The molecule has 0 fully saturated rings. The molecule has 0 rings (SSSR count). The molecule has 0 aromatic carbocycles. The maximum atomic E-state index is 5.36. The van der Waals surface area contributed by atoms with Crippen LogP contribution in [0.5, 0.6) is 0 Å². The number of ether oxygens (including phenoxy) is 3. The average molecular weight is 237 g/mol. The van der Waals surface area contributed by atoms with Gasteiger partial charge in [-0.1, -0.05) is 0 Å². The van der Waals surface area contributed by atoms with E-state index in [0.29, 0.717) is 26.4 Å². The molecule has 0 amide bonds. The molecule has 15 heavy (non-hydrogen) atoms. The standard InChI is InChI=1S/C10H23NO3S/c1-12-6-7-14-9-8-13-5-3-11-4-10-15-2/h11H,3-10H2,1-2H3.